The number of carbonyl (C=O) groups is 2. The molecule has 0 atom stereocenters. The molecule has 0 spiro atoms. The standard InChI is InChI=1S/C13H17NO2S/c1-9-7-11(10(2)17-9)12(15)8-14-6-4-3-5-13(14)16/h7H,3-6,8H2,1-2H3. The molecule has 2 rings (SSSR count). The van der Waals surface area contributed by atoms with Crippen molar-refractivity contribution < 1.29 is 9.59 Å². The first-order valence-electron chi connectivity index (χ1n) is 5.96. The van der Waals surface area contributed by atoms with E-state index in [2.05, 4.69) is 0 Å². The highest BCUT2D eigenvalue weighted by atomic mass is 32.1. The Hall–Kier alpha value is -1.16. The van der Waals surface area contributed by atoms with Crippen LogP contribution < -0.4 is 0 Å². The van der Waals surface area contributed by atoms with Crippen LogP contribution in [0.15, 0.2) is 6.07 Å². The van der Waals surface area contributed by atoms with Crippen LogP contribution in [0.5, 0.6) is 0 Å². The van der Waals surface area contributed by atoms with Crippen molar-refractivity contribution in [1.29, 1.82) is 0 Å². The molecule has 0 N–H and O–H groups in total. The second-order valence-corrected chi connectivity index (χ2v) is 5.98. The normalized spacial score (nSPS) is 16.4. The predicted molar refractivity (Wildman–Crippen MR) is 68.6 cm³/mol. The Labute approximate surface area is 105 Å². The maximum atomic E-state index is 12.1. The fourth-order valence-electron chi connectivity index (χ4n) is 2.20. The number of aryl methyl sites for hydroxylation is 2. The molecule has 1 aliphatic heterocycles. The van der Waals surface area contributed by atoms with Crippen molar-refractivity contribution in [2.45, 2.75) is 33.1 Å². The van der Waals surface area contributed by atoms with Crippen LogP contribution in [0.3, 0.4) is 0 Å². The van der Waals surface area contributed by atoms with Crippen LogP contribution in [0.2, 0.25) is 0 Å². The molecule has 17 heavy (non-hydrogen) atoms. The molecule has 0 aliphatic carbocycles. The van der Waals surface area contributed by atoms with E-state index in [-0.39, 0.29) is 18.2 Å². The summed E-state index contributed by atoms with van der Waals surface area (Å²) in [5, 5.41) is 0. The molecule has 92 valence electrons. The fraction of sp³-hybridized carbons (Fsp3) is 0.538. The highest BCUT2D eigenvalue weighted by molar-refractivity contribution is 7.12. The van der Waals surface area contributed by atoms with Crippen molar-refractivity contribution in [2.24, 2.45) is 0 Å². The molecule has 1 saturated heterocycles. The van der Waals surface area contributed by atoms with E-state index < -0.39 is 0 Å². The first kappa shape index (κ1) is 12.3. The molecule has 1 amide bonds. The van der Waals surface area contributed by atoms with E-state index in [1.165, 1.54) is 0 Å². The zero-order chi connectivity index (χ0) is 12.4. The number of amides is 1. The molecule has 1 fully saturated rings. The summed E-state index contributed by atoms with van der Waals surface area (Å²) in [6.07, 6.45) is 2.57. The topological polar surface area (TPSA) is 37.4 Å². The maximum absolute atomic E-state index is 12.1. The van der Waals surface area contributed by atoms with E-state index >= 15 is 0 Å². The molecule has 0 radical (unpaired) electrons. The lowest BCUT2D eigenvalue weighted by Crippen LogP contribution is -2.39. The number of hydrogen-bond donors (Lipinski definition) is 0. The molecule has 1 aliphatic rings. The number of Topliss-reactive ketones (excluding diaryl/α,β-unsaturated/α-hetero) is 1. The Morgan fingerprint density at radius 3 is 2.76 bits per heavy atom. The van der Waals surface area contributed by atoms with Crippen molar-refractivity contribution in [3.05, 3.63) is 21.4 Å². The van der Waals surface area contributed by atoms with Gasteiger partial charge in [0.15, 0.2) is 5.78 Å². The summed E-state index contributed by atoms with van der Waals surface area (Å²) in [7, 11) is 0. The third-order valence-electron chi connectivity index (χ3n) is 3.10. The third kappa shape index (κ3) is 2.75. The smallest absolute Gasteiger partial charge is 0.222 e. The lowest BCUT2D eigenvalue weighted by atomic mass is 10.1. The molecule has 4 heteroatoms. The molecule has 0 bridgehead atoms. The van der Waals surface area contributed by atoms with E-state index in [1.807, 2.05) is 19.9 Å². The van der Waals surface area contributed by atoms with Gasteiger partial charge in [0.2, 0.25) is 5.91 Å². The van der Waals surface area contributed by atoms with Crippen molar-refractivity contribution in [1.82, 2.24) is 4.90 Å². The number of hydrogen-bond acceptors (Lipinski definition) is 3. The minimum Gasteiger partial charge on any atom is -0.335 e. The first-order chi connectivity index (χ1) is 8.08. The van der Waals surface area contributed by atoms with Crippen LogP contribution in [-0.4, -0.2) is 29.7 Å². The third-order valence-corrected chi connectivity index (χ3v) is 4.06. The number of likely N-dealkylation sites (tertiary alicyclic amines) is 1. The molecular weight excluding hydrogens is 234 g/mol. The average Bonchev–Trinajstić information content (AvgIpc) is 2.61. The second kappa shape index (κ2) is 5.00. The Kier molecular flexibility index (Phi) is 3.62. The molecule has 3 nitrogen and oxygen atoms in total. The van der Waals surface area contributed by atoms with E-state index in [0.717, 1.165) is 34.7 Å². The highest BCUT2D eigenvalue weighted by Crippen LogP contribution is 2.21. The quantitative estimate of drug-likeness (QED) is 0.774. The number of piperidine rings is 1. The van der Waals surface area contributed by atoms with Gasteiger partial charge in [-0.15, -0.1) is 11.3 Å². The van der Waals surface area contributed by atoms with E-state index in [4.69, 9.17) is 0 Å². The molecule has 1 aromatic heterocycles. The van der Waals surface area contributed by atoms with Gasteiger partial charge < -0.3 is 4.90 Å². The van der Waals surface area contributed by atoms with Crippen molar-refractivity contribution >= 4 is 23.0 Å². The summed E-state index contributed by atoms with van der Waals surface area (Å²) in [6.45, 7) is 4.94. The number of thiophene rings is 1. The zero-order valence-corrected chi connectivity index (χ0v) is 11.1. The van der Waals surface area contributed by atoms with Crippen molar-refractivity contribution in [2.75, 3.05) is 13.1 Å². The average molecular weight is 251 g/mol. The van der Waals surface area contributed by atoms with Crippen LogP contribution in [0.4, 0.5) is 0 Å². The second-order valence-electron chi connectivity index (χ2n) is 4.52. The van der Waals surface area contributed by atoms with Crippen molar-refractivity contribution in [3.63, 3.8) is 0 Å². The van der Waals surface area contributed by atoms with Gasteiger partial charge in [0.05, 0.1) is 6.54 Å². The van der Waals surface area contributed by atoms with Gasteiger partial charge in [-0.25, -0.2) is 0 Å². The van der Waals surface area contributed by atoms with Crippen LogP contribution in [0.1, 0.15) is 39.4 Å². The minimum absolute atomic E-state index is 0.0714. The first-order valence-corrected chi connectivity index (χ1v) is 6.77. The van der Waals surface area contributed by atoms with Crippen LogP contribution >= 0.6 is 11.3 Å². The summed E-state index contributed by atoms with van der Waals surface area (Å²) in [5.74, 6) is 0.191. The van der Waals surface area contributed by atoms with Gasteiger partial charge >= 0.3 is 0 Å². The largest absolute Gasteiger partial charge is 0.335 e. The molecule has 1 aromatic rings. The predicted octanol–water partition coefficient (Wildman–Crippen LogP) is 2.56. The summed E-state index contributed by atoms with van der Waals surface area (Å²) in [5.41, 5.74) is 0.783. The molecule has 0 unspecified atom stereocenters. The van der Waals surface area contributed by atoms with Gasteiger partial charge in [-0.2, -0.15) is 0 Å². The van der Waals surface area contributed by atoms with Crippen molar-refractivity contribution in [3.8, 4) is 0 Å². The van der Waals surface area contributed by atoms with Gasteiger partial charge in [0.25, 0.3) is 0 Å². The SMILES string of the molecule is Cc1cc(C(=O)CN2CCCCC2=O)c(C)s1. The highest BCUT2D eigenvalue weighted by Gasteiger charge is 2.22. The Morgan fingerprint density at radius 1 is 1.41 bits per heavy atom. The van der Waals surface area contributed by atoms with Gasteiger partial charge in [-0.05, 0) is 32.8 Å². The Bertz CT molecular complexity index is 450. The summed E-state index contributed by atoms with van der Waals surface area (Å²) in [4.78, 5) is 27.6. The molecular formula is C13H17NO2S. The van der Waals surface area contributed by atoms with Gasteiger partial charge in [0.1, 0.15) is 0 Å². The maximum Gasteiger partial charge on any atom is 0.222 e. The van der Waals surface area contributed by atoms with E-state index in [0.29, 0.717) is 6.42 Å². The van der Waals surface area contributed by atoms with Crippen LogP contribution in [-0.2, 0) is 4.79 Å². The monoisotopic (exact) mass is 251 g/mol. The van der Waals surface area contributed by atoms with Gasteiger partial charge in [-0.3, -0.25) is 9.59 Å². The van der Waals surface area contributed by atoms with Gasteiger partial charge in [0, 0.05) is 28.3 Å². The van der Waals surface area contributed by atoms with Gasteiger partial charge in [-0.1, -0.05) is 0 Å². The molecule has 0 saturated carbocycles. The lowest BCUT2D eigenvalue weighted by molar-refractivity contribution is -0.132. The summed E-state index contributed by atoms with van der Waals surface area (Å²) >= 11 is 1.64. The van der Waals surface area contributed by atoms with E-state index in [1.54, 1.807) is 16.2 Å². The minimum atomic E-state index is 0.0714. The Morgan fingerprint density at radius 2 is 2.18 bits per heavy atom. The zero-order valence-electron chi connectivity index (χ0n) is 10.3. The summed E-state index contributed by atoms with van der Waals surface area (Å²) < 4.78 is 0. The molecule has 2 heterocycles. The molecule has 0 aromatic carbocycles. The van der Waals surface area contributed by atoms with E-state index in [9.17, 15) is 9.59 Å². The number of ketones is 1. The lowest BCUT2D eigenvalue weighted by Gasteiger charge is -2.25. The Balaban J connectivity index is 2.06. The van der Waals surface area contributed by atoms with Crippen LogP contribution in [0, 0.1) is 13.8 Å². The number of nitrogens with zero attached hydrogens (tertiary/aromatic N) is 1. The number of rotatable bonds is 3. The summed E-state index contributed by atoms with van der Waals surface area (Å²) in [6, 6.07) is 1.93. The van der Waals surface area contributed by atoms with Crippen LogP contribution in [0.25, 0.3) is 0 Å². The number of carbonyl (C=O) groups excluding carboxylic acids is 2. The fourth-order valence-corrected chi connectivity index (χ4v) is 3.14.